The summed E-state index contributed by atoms with van der Waals surface area (Å²) in [6, 6.07) is 13.6. The Morgan fingerprint density at radius 3 is 2.24 bits per heavy atom. The van der Waals surface area contributed by atoms with Gasteiger partial charge in [-0.3, -0.25) is 0 Å². The van der Waals surface area contributed by atoms with Crippen molar-refractivity contribution in [3.05, 3.63) is 60.8 Å². The van der Waals surface area contributed by atoms with Gasteiger partial charge in [-0.15, -0.1) is 23.4 Å². The number of nitrogens with one attached hydrogen (secondary N) is 1. The predicted octanol–water partition coefficient (Wildman–Crippen LogP) is 3.02. The van der Waals surface area contributed by atoms with Crippen molar-refractivity contribution in [2.24, 2.45) is 0 Å². The van der Waals surface area contributed by atoms with Gasteiger partial charge < -0.3 is 15.0 Å². The van der Waals surface area contributed by atoms with Crippen LogP contribution in [0.5, 0.6) is 5.75 Å². The minimum Gasteiger partial charge on any atom is -0.404 e. The summed E-state index contributed by atoms with van der Waals surface area (Å²) in [5.41, 5.74) is 0. The van der Waals surface area contributed by atoms with Crippen molar-refractivity contribution >= 4 is 27.5 Å². The number of aromatic nitrogens is 3. The highest BCUT2D eigenvalue weighted by molar-refractivity contribution is 7.89. The van der Waals surface area contributed by atoms with Crippen LogP contribution < -0.4 is 15.0 Å². The summed E-state index contributed by atoms with van der Waals surface area (Å²) in [4.78, 5) is 5.47. The summed E-state index contributed by atoms with van der Waals surface area (Å²) in [5, 5.41) is 11.3. The Morgan fingerprint density at radius 2 is 1.61 bits per heavy atom. The van der Waals surface area contributed by atoms with Gasteiger partial charge in [0.2, 0.25) is 10.0 Å². The molecule has 0 bridgehead atoms. The molecule has 33 heavy (non-hydrogen) atoms. The molecule has 0 aliphatic carbocycles. The van der Waals surface area contributed by atoms with Crippen LogP contribution in [0, 0.1) is 0 Å². The van der Waals surface area contributed by atoms with Gasteiger partial charge in [0.25, 0.3) is 0 Å². The maximum absolute atomic E-state index is 13.0. The standard InChI is InChI=1S/C20H19F3N6O3S/c21-20(22,23)32-15-5-1-2-6-16(15)33(30,31)29-13-11-28(12-14-29)19-9-8-18(26-27-19)25-17-7-3-4-10-24-17/h1-10H,11-14H2,(H,24,25,26). The van der Waals surface area contributed by atoms with E-state index in [4.69, 9.17) is 0 Å². The highest BCUT2D eigenvalue weighted by Gasteiger charge is 2.36. The molecule has 9 nitrogen and oxygen atoms in total. The van der Waals surface area contributed by atoms with Crippen molar-refractivity contribution in [2.75, 3.05) is 36.4 Å². The second-order valence-corrected chi connectivity index (χ2v) is 8.91. The van der Waals surface area contributed by atoms with E-state index < -0.39 is 27.0 Å². The first-order valence-corrected chi connectivity index (χ1v) is 11.3. The van der Waals surface area contributed by atoms with E-state index in [1.54, 1.807) is 30.5 Å². The van der Waals surface area contributed by atoms with Crippen molar-refractivity contribution in [2.45, 2.75) is 11.3 Å². The molecule has 1 aromatic carbocycles. The average Bonchev–Trinajstić information content (AvgIpc) is 2.80. The molecule has 0 unspecified atom stereocenters. The van der Waals surface area contributed by atoms with E-state index in [0.717, 1.165) is 16.4 Å². The van der Waals surface area contributed by atoms with Crippen LogP contribution >= 0.6 is 0 Å². The quantitative estimate of drug-likeness (QED) is 0.575. The normalized spacial score (nSPS) is 15.3. The van der Waals surface area contributed by atoms with Crippen LogP contribution in [0.15, 0.2) is 65.7 Å². The zero-order valence-electron chi connectivity index (χ0n) is 17.1. The molecule has 13 heteroatoms. The Labute approximate surface area is 187 Å². The number of benzene rings is 1. The maximum Gasteiger partial charge on any atom is 0.573 e. The minimum absolute atomic E-state index is 0.0678. The molecule has 1 N–H and O–H groups in total. The molecule has 1 aliphatic heterocycles. The lowest BCUT2D eigenvalue weighted by atomic mass is 10.3. The molecule has 0 saturated carbocycles. The Morgan fingerprint density at radius 1 is 0.879 bits per heavy atom. The molecule has 0 atom stereocenters. The van der Waals surface area contributed by atoms with Crippen LogP contribution in [0.25, 0.3) is 0 Å². The van der Waals surface area contributed by atoms with Crippen LogP contribution in [0.4, 0.5) is 30.6 Å². The number of ether oxygens (including phenoxy) is 1. The molecule has 3 heterocycles. The number of para-hydroxylation sites is 1. The lowest BCUT2D eigenvalue weighted by Crippen LogP contribution is -2.49. The van der Waals surface area contributed by atoms with Crippen molar-refractivity contribution in [1.29, 1.82) is 0 Å². The second kappa shape index (κ2) is 9.19. The number of alkyl halides is 3. The van der Waals surface area contributed by atoms with Crippen molar-refractivity contribution in [3.63, 3.8) is 0 Å². The molecule has 0 radical (unpaired) electrons. The molecule has 4 rings (SSSR count). The number of pyridine rings is 1. The molecule has 1 saturated heterocycles. The Hall–Kier alpha value is -3.45. The molecule has 0 amide bonds. The second-order valence-electron chi connectivity index (χ2n) is 7.00. The maximum atomic E-state index is 13.0. The van der Waals surface area contributed by atoms with Crippen molar-refractivity contribution in [3.8, 4) is 5.75 Å². The average molecular weight is 480 g/mol. The molecule has 1 aliphatic rings. The number of sulfonamides is 1. The lowest BCUT2D eigenvalue weighted by molar-refractivity contribution is -0.275. The number of piperazine rings is 1. The smallest absolute Gasteiger partial charge is 0.404 e. The highest BCUT2D eigenvalue weighted by atomic mass is 32.2. The number of rotatable bonds is 6. The summed E-state index contributed by atoms with van der Waals surface area (Å²) >= 11 is 0. The highest BCUT2D eigenvalue weighted by Crippen LogP contribution is 2.31. The fraction of sp³-hybridized carbons (Fsp3) is 0.250. The SMILES string of the molecule is O=S(=O)(c1ccccc1OC(F)(F)F)N1CCN(c2ccc(Nc3ccccn3)nn2)CC1. The van der Waals surface area contributed by atoms with Gasteiger partial charge in [0.05, 0.1) is 0 Å². The summed E-state index contributed by atoms with van der Waals surface area (Å²) in [7, 11) is -4.18. The van der Waals surface area contributed by atoms with Gasteiger partial charge in [-0.2, -0.15) is 4.31 Å². The van der Waals surface area contributed by atoms with Gasteiger partial charge >= 0.3 is 6.36 Å². The first-order valence-electron chi connectivity index (χ1n) is 9.84. The zero-order chi connectivity index (χ0) is 23.5. The van der Waals surface area contributed by atoms with Crippen LogP contribution in [-0.4, -0.2) is 60.4 Å². The number of anilines is 3. The van der Waals surface area contributed by atoms with Gasteiger partial charge in [-0.25, -0.2) is 13.4 Å². The molecule has 1 fully saturated rings. The van der Waals surface area contributed by atoms with E-state index >= 15 is 0 Å². The number of halogens is 3. The summed E-state index contributed by atoms with van der Waals surface area (Å²) < 4.78 is 69.0. The fourth-order valence-corrected chi connectivity index (χ4v) is 4.83. The number of hydrogen-bond donors (Lipinski definition) is 1. The molecule has 0 spiro atoms. The summed E-state index contributed by atoms with van der Waals surface area (Å²) in [6.07, 6.45) is -3.36. The first-order chi connectivity index (χ1) is 15.7. The van der Waals surface area contributed by atoms with Gasteiger partial charge in [0, 0.05) is 32.4 Å². The summed E-state index contributed by atoms with van der Waals surface area (Å²) in [6.45, 7) is 0.725. The number of hydrogen-bond acceptors (Lipinski definition) is 8. The summed E-state index contributed by atoms with van der Waals surface area (Å²) in [5.74, 6) is 0.918. The zero-order valence-corrected chi connectivity index (χ0v) is 17.9. The van der Waals surface area contributed by atoms with Crippen LogP contribution in [-0.2, 0) is 10.0 Å². The van der Waals surface area contributed by atoms with Crippen LogP contribution in [0.2, 0.25) is 0 Å². The van der Waals surface area contributed by atoms with E-state index in [0.29, 0.717) is 30.5 Å². The van der Waals surface area contributed by atoms with Crippen molar-refractivity contribution < 1.29 is 26.3 Å². The molecule has 2 aromatic heterocycles. The van der Waals surface area contributed by atoms with E-state index in [2.05, 4.69) is 25.2 Å². The largest absolute Gasteiger partial charge is 0.573 e. The third kappa shape index (κ3) is 5.49. The van der Waals surface area contributed by atoms with E-state index in [-0.39, 0.29) is 13.1 Å². The fourth-order valence-electron chi connectivity index (χ4n) is 3.30. The van der Waals surface area contributed by atoms with Gasteiger partial charge in [-0.05, 0) is 36.4 Å². The number of nitrogens with zero attached hydrogens (tertiary/aromatic N) is 5. The van der Waals surface area contributed by atoms with E-state index in [1.165, 1.54) is 12.1 Å². The third-order valence-electron chi connectivity index (χ3n) is 4.83. The minimum atomic E-state index is -5.00. The predicted molar refractivity (Wildman–Crippen MR) is 114 cm³/mol. The van der Waals surface area contributed by atoms with E-state index in [9.17, 15) is 21.6 Å². The van der Waals surface area contributed by atoms with Gasteiger partial charge in [0.1, 0.15) is 16.5 Å². The topological polar surface area (TPSA) is 101 Å². The molecule has 174 valence electrons. The Kier molecular flexibility index (Phi) is 6.33. The third-order valence-corrected chi connectivity index (χ3v) is 6.76. The van der Waals surface area contributed by atoms with Crippen LogP contribution in [0.1, 0.15) is 0 Å². The lowest BCUT2D eigenvalue weighted by Gasteiger charge is -2.34. The molecular formula is C20H19F3N6O3S. The molecule has 3 aromatic rings. The molecular weight excluding hydrogens is 461 g/mol. The first kappa shape index (κ1) is 22.7. The van der Waals surface area contributed by atoms with E-state index in [1.807, 2.05) is 11.0 Å². The van der Waals surface area contributed by atoms with Crippen LogP contribution in [0.3, 0.4) is 0 Å². The van der Waals surface area contributed by atoms with Gasteiger partial charge in [0.15, 0.2) is 11.6 Å². The Balaban J connectivity index is 1.42. The van der Waals surface area contributed by atoms with Gasteiger partial charge in [-0.1, -0.05) is 18.2 Å². The monoisotopic (exact) mass is 480 g/mol. The Bertz CT molecular complexity index is 1190. The van der Waals surface area contributed by atoms with Crippen molar-refractivity contribution in [1.82, 2.24) is 19.5 Å².